The van der Waals surface area contributed by atoms with Crippen LogP contribution in [0.4, 0.5) is 0 Å². The molecular weight excluding hydrogens is 142 g/mol. The number of rotatable bonds is 1. The summed E-state index contributed by atoms with van der Waals surface area (Å²) in [5.74, 6) is 0. The van der Waals surface area contributed by atoms with Crippen molar-refractivity contribution in [2.45, 2.75) is 4.84 Å². The third kappa shape index (κ3) is 2.83. The molecule has 0 aliphatic rings. The van der Waals surface area contributed by atoms with E-state index in [1.165, 1.54) is 0 Å². The van der Waals surface area contributed by atoms with Gasteiger partial charge in [0.05, 0.1) is 5.03 Å². The summed E-state index contributed by atoms with van der Waals surface area (Å²) >= 11 is 15.2. The Kier molecular flexibility index (Phi) is 3.01. The molecule has 0 fully saturated rings. The molecule has 0 aromatic carbocycles. The number of allylic oxidation sites excluding steroid dienone is 1. The Bertz CT molecular complexity index is 57.1. The highest BCUT2D eigenvalue weighted by Gasteiger charge is 1.97. The van der Waals surface area contributed by atoms with E-state index in [4.69, 9.17) is 41.4 Å². The molecule has 0 nitrogen and oxygen atoms in total. The molecule has 0 aromatic rings. The van der Waals surface area contributed by atoms with Crippen molar-refractivity contribution in [2.75, 3.05) is 0 Å². The van der Waals surface area contributed by atoms with E-state index < -0.39 is 4.84 Å². The van der Waals surface area contributed by atoms with Gasteiger partial charge in [-0.3, -0.25) is 0 Å². The van der Waals surface area contributed by atoms with Crippen molar-refractivity contribution < 1.29 is 0 Å². The molecule has 0 aromatic heterocycles. The summed E-state index contributed by atoms with van der Waals surface area (Å²) in [5.41, 5.74) is 0. The smallest absolute Gasteiger partial charge is 0.0991 e. The van der Waals surface area contributed by atoms with Crippen LogP contribution >= 0.6 is 34.8 Å². The van der Waals surface area contributed by atoms with Crippen LogP contribution in [-0.2, 0) is 0 Å². The van der Waals surface area contributed by atoms with Crippen LogP contribution in [0.5, 0.6) is 0 Å². The van der Waals surface area contributed by atoms with Gasteiger partial charge in [0, 0.05) is 0 Å². The third-order valence-corrected chi connectivity index (χ3v) is 1.12. The summed E-state index contributed by atoms with van der Waals surface area (Å²) in [7, 11) is 0. The van der Waals surface area contributed by atoms with Crippen molar-refractivity contribution in [1.29, 1.82) is 0 Å². The zero-order chi connectivity index (χ0) is 5.15. The summed E-state index contributed by atoms with van der Waals surface area (Å²) in [4.78, 5) is -0.744. The molecule has 1 radical (unpaired) electrons. The number of hydrogen-bond donors (Lipinski definition) is 0. The van der Waals surface area contributed by atoms with Crippen molar-refractivity contribution in [1.82, 2.24) is 0 Å². The number of hydrogen-bond acceptors (Lipinski definition) is 0. The van der Waals surface area contributed by atoms with E-state index >= 15 is 0 Å². The van der Waals surface area contributed by atoms with E-state index in [9.17, 15) is 0 Å². The minimum absolute atomic E-state index is 0.0123. The topological polar surface area (TPSA) is 0 Å². The molecule has 0 aliphatic carbocycles. The molecule has 0 rings (SSSR count). The summed E-state index contributed by atoms with van der Waals surface area (Å²) in [6.45, 7) is 4.85. The standard InChI is InChI=1S/C3H2Cl3/c1-2(4)3(5)6/h1,3H. The van der Waals surface area contributed by atoms with Gasteiger partial charge < -0.3 is 0 Å². The first-order valence-corrected chi connectivity index (χ1v) is 2.45. The van der Waals surface area contributed by atoms with E-state index in [1.807, 2.05) is 0 Å². The van der Waals surface area contributed by atoms with Gasteiger partial charge in [0.25, 0.3) is 0 Å². The van der Waals surface area contributed by atoms with Gasteiger partial charge in [-0.2, -0.15) is 0 Å². The van der Waals surface area contributed by atoms with Crippen LogP contribution in [0.3, 0.4) is 0 Å². The van der Waals surface area contributed by atoms with Crippen molar-refractivity contribution in [3.8, 4) is 0 Å². The van der Waals surface area contributed by atoms with E-state index in [0.717, 1.165) is 0 Å². The van der Waals surface area contributed by atoms with Gasteiger partial charge in [-0.15, -0.1) is 0 Å². The fraction of sp³-hybridized carbons (Fsp3) is 0.333. The van der Waals surface area contributed by atoms with Gasteiger partial charge in [0.15, 0.2) is 0 Å². The van der Waals surface area contributed by atoms with Crippen molar-refractivity contribution in [3.05, 3.63) is 11.6 Å². The molecule has 0 heterocycles. The van der Waals surface area contributed by atoms with Gasteiger partial charge in [-0.05, 0) is 6.58 Å². The molecule has 0 bridgehead atoms. The molecule has 0 atom stereocenters. The van der Waals surface area contributed by atoms with Crippen molar-refractivity contribution in [2.24, 2.45) is 0 Å². The highest BCUT2D eigenvalue weighted by atomic mass is 35.5. The maximum Gasteiger partial charge on any atom is 0.143 e. The molecule has 0 spiro atoms. The maximum absolute atomic E-state index is 5.08. The Morgan fingerprint density at radius 2 is 1.67 bits per heavy atom. The fourth-order valence-corrected chi connectivity index (χ4v) is 0. The first kappa shape index (κ1) is 6.61. The normalized spacial score (nSPS) is 9.33. The molecule has 0 saturated heterocycles. The molecular formula is C3H2Cl3. The van der Waals surface area contributed by atoms with E-state index in [2.05, 4.69) is 0 Å². The molecule has 6 heavy (non-hydrogen) atoms. The molecule has 0 saturated carbocycles. The largest absolute Gasteiger partial charge is 0.143 e. The van der Waals surface area contributed by atoms with Crippen LogP contribution < -0.4 is 0 Å². The summed E-state index contributed by atoms with van der Waals surface area (Å²) in [6, 6.07) is 0. The lowest BCUT2D eigenvalue weighted by atomic mass is 10.7. The third-order valence-electron chi connectivity index (χ3n) is 0.208. The van der Waals surface area contributed by atoms with Gasteiger partial charge in [0.1, 0.15) is 4.84 Å². The molecule has 3 heteroatoms. The van der Waals surface area contributed by atoms with Crippen LogP contribution in [0.25, 0.3) is 0 Å². The molecule has 0 aliphatic heterocycles. The average Bonchev–Trinajstić information content (AvgIpc) is 1.36. The lowest BCUT2D eigenvalue weighted by Crippen LogP contribution is -1.79. The zero-order valence-corrected chi connectivity index (χ0v) is 5.06. The van der Waals surface area contributed by atoms with E-state index in [0.29, 0.717) is 0 Å². The SMILES string of the molecule is [CH]=C(Cl)C(Cl)Cl. The summed E-state index contributed by atoms with van der Waals surface area (Å²) < 4.78 is 0. The van der Waals surface area contributed by atoms with Crippen LogP contribution in [0, 0.1) is 6.58 Å². The van der Waals surface area contributed by atoms with Crippen LogP contribution in [0.15, 0.2) is 5.03 Å². The lowest BCUT2D eigenvalue weighted by Gasteiger charge is -1.88. The summed E-state index contributed by atoms with van der Waals surface area (Å²) in [6.07, 6.45) is 0. The van der Waals surface area contributed by atoms with Crippen LogP contribution in [0.1, 0.15) is 0 Å². The quantitative estimate of drug-likeness (QED) is 0.496. The number of alkyl halides is 2. The van der Waals surface area contributed by atoms with Crippen LogP contribution in [-0.4, -0.2) is 4.84 Å². The Balaban J connectivity index is 3.26. The van der Waals surface area contributed by atoms with Crippen molar-refractivity contribution in [3.63, 3.8) is 0 Å². The minimum Gasteiger partial charge on any atom is -0.0991 e. The maximum atomic E-state index is 5.08. The van der Waals surface area contributed by atoms with E-state index in [-0.39, 0.29) is 5.03 Å². The predicted octanol–water partition coefficient (Wildman–Crippen LogP) is 2.35. The van der Waals surface area contributed by atoms with Gasteiger partial charge in [-0.1, -0.05) is 34.8 Å². The second-order valence-corrected chi connectivity index (χ2v) is 2.22. The monoisotopic (exact) mass is 143 g/mol. The molecule has 0 amide bonds. The second-order valence-electron chi connectivity index (χ2n) is 0.686. The second kappa shape index (κ2) is 2.73. The Morgan fingerprint density at radius 3 is 1.67 bits per heavy atom. The minimum atomic E-state index is -0.744. The average molecular weight is 144 g/mol. The van der Waals surface area contributed by atoms with Gasteiger partial charge in [0.2, 0.25) is 0 Å². The zero-order valence-electron chi connectivity index (χ0n) is 2.79. The molecule has 35 valence electrons. The van der Waals surface area contributed by atoms with E-state index in [1.54, 1.807) is 0 Å². The lowest BCUT2D eigenvalue weighted by molar-refractivity contribution is 1.56. The van der Waals surface area contributed by atoms with Gasteiger partial charge in [-0.25, -0.2) is 0 Å². The highest BCUT2D eigenvalue weighted by Crippen LogP contribution is 2.14. The Morgan fingerprint density at radius 1 is 1.50 bits per heavy atom. The first-order chi connectivity index (χ1) is 2.64. The highest BCUT2D eigenvalue weighted by molar-refractivity contribution is 6.52. The van der Waals surface area contributed by atoms with Crippen molar-refractivity contribution >= 4 is 34.8 Å². The molecule has 0 unspecified atom stereocenters. The predicted molar refractivity (Wildman–Crippen MR) is 29.2 cm³/mol. The number of halogens is 3. The van der Waals surface area contributed by atoms with Gasteiger partial charge >= 0.3 is 0 Å². The Labute approximate surface area is 51.7 Å². The first-order valence-electron chi connectivity index (χ1n) is 1.20. The Hall–Kier alpha value is 0.610. The summed E-state index contributed by atoms with van der Waals surface area (Å²) in [5, 5.41) is 0.0123. The van der Waals surface area contributed by atoms with Crippen LogP contribution in [0.2, 0.25) is 0 Å². The fourth-order valence-electron chi connectivity index (χ4n) is 0. The molecule has 0 N–H and O–H groups in total.